The van der Waals surface area contributed by atoms with Crippen LogP contribution in [-0.4, -0.2) is 41.7 Å². The third kappa shape index (κ3) is 4.65. The van der Waals surface area contributed by atoms with Crippen molar-refractivity contribution in [3.63, 3.8) is 0 Å². The second-order valence-corrected chi connectivity index (χ2v) is 5.13. The lowest BCUT2D eigenvalue weighted by Gasteiger charge is -2.35. The van der Waals surface area contributed by atoms with Gasteiger partial charge >= 0.3 is 5.97 Å². The molecule has 0 amide bonds. The number of nitrogens with zero attached hydrogens (tertiary/aromatic N) is 1. The first kappa shape index (κ1) is 14.0. The van der Waals surface area contributed by atoms with Gasteiger partial charge in [-0.2, -0.15) is 0 Å². The number of likely N-dealkylation sites (tertiary alicyclic amines) is 1. The van der Waals surface area contributed by atoms with Gasteiger partial charge in [0.1, 0.15) is 0 Å². The number of hydrogen-bond donors (Lipinski definition) is 2. The maximum atomic E-state index is 10.5. The highest BCUT2D eigenvalue weighted by Crippen LogP contribution is 2.19. The van der Waals surface area contributed by atoms with Crippen LogP contribution in [0.3, 0.4) is 0 Å². The molecule has 1 aliphatic heterocycles. The van der Waals surface area contributed by atoms with Crippen LogP contribution in [0.2, 0.25) is 0 Å². The highest BCUT2D eigenvalue weighted by Gasteiger charge is 2.22. The van der Waals surface area contributed by atoms with E-state index in [2.05, 4.69) is 34.5 Å². The summed E-state index contributed by atoms with van der Waals surface area (Å²) in [4.78, 5) is 13.0. The number of carboxylic acids is 1. The zero-order chi connectivity index (χ0) is 13.5. The van der Waals surface area contributed by atoms with Crippen molar-refractivity contribution < 1.29 is 9.90 Å². The lowest BCUT2D eigenvalue weighted by Crippen LogP contribution is -2.45. The minimum Gasteiger partial charge on any atom is -0.480 e. The van der Waals surface area contributed by atoms with Crippen LogP contribution in [0.5, 0.6) is 0 Å². The van der Waals surface area contributed by atoms with Gasteiger partial charge in [-0.25, -0.2) is 0 Å². The van der Waals surface area contributed by atoms with Gasteiger partial charge in [-0.15, -0.1) is 0 Å². The van der Waals surface area contributed by atoms with Crippen molar-refractivity contribution in [1.29, 1.82) is 0 Å². The second-order valence-electron chi connectivity index (χ2n) is 5.13. The fraction of sp³-hybridized carbons (Fsp3) is 0.533. The monoisotopic (exact) mass is 262 g/mol. The fourth-order valence-electron chi connectivity index (χ4n) is 2.66. The van der Waals surface area contributed by atoms with Gasteiger partial charge < -0.3 is 10.4 Å². The normalized spacial score (nSPS) is 20.3. The van der Waals surface area contributed by atoms with Gasteiger partial charge in [-0.1, -0.05) is 36.8 Å². The summed E-state index contributed by atoms with van der Waals surface area (Å²) >= 11 is 0. The summed E-state index contributed by atoms with van der Waals surface area (Å²) in [6, 6.07) is 10.9. The predicted octanol–water partition coefficient (Wildman–Crippen LogP) is 1.72. The van der Waals surface area contributed by atoms with Gasteiger partial charge in [0.05, 0.1) is 6.54 Å². The molecule has 0 aliphatic carbocycles. The standard InChI is InChI=1S/C15H22N2O2/c18-15(19)11-16-10-14-8-4-5-9-17(14)12-13-6-2-1-3-7-13/h1-3,6-7,14,16H,4-5,8-12H2,(H,18,19)/t14-/m0/s1. The van der Waals surface area contributed by atoms with Gasteiger partial charge in [0, 0.05) is 19.1 Å². The van der Waals surface area contributed by atoms with E-state index in [0.29, 0.717) is 6.04 Å². The Morgan fingerprint density at radius 2 is 2.11 bits per heavy atom. The fourth-order valence-corrected chi connectivity index (χ4v) is 2.66. The summed E-state index contributed by atoms with van der Waals surface area (Å²) in [5, 5.41) is 11.7. The number of rotatable bonds is 6. The van der Waals surface area contributed by atoms with E-state index < -0.39 is 5.97 Å². The molecule has 1 aromatic rings. The maximum Gasteiger partial charge on any atom is 0.317 e. The van der Waals surface area contributed by atoms with Gasteiger partial charge in [-0.3, -0.25) is 9.69 Å². The number of piperidine rings is 1. The molecule has 1 fully saturated rings. The van der Waals surface area contributed by atoms with Gasteiger partial charge in [0.15, 0.2) is 0 Å². The zero-order valence-corrected chi connectivity index (χ0v) is 11.2. The largest absolute Gasteiger partial charge is 0.480 e. The second kappa shape index (κ2) is 7.26. The lowest BCUT2D eigenvalue weighted by molar-refractivity contribution is -0.136. The highest BCUT2D eigenvalue weighted by molar-refractivity contribution is 5.68. The van der Waals surface area contributed by atoms with Gasteiger partial charge in [0.2, 0.25) is 0 Å². The molecule has 1 saturated heterocycles. The molecule has 0 unspecified atom stereocenters. The van der Waals surface area contributed by atoms with Crippen LogP contribution in [0.15, 0.2) is 30.3 Å². The smallest absolute Gasteiger partial charge is 0.317 e. The van der Waals surface area contributed by atoms with Gasteiger partial charge in [0.25, 0.3) is 0 Å². The summed E-state index contributed by atoms with van der Waals surface area (Å²) in [6.45, 7) is 2.88. The number of aliphatic carboxylic acids is 1. The summed E-state index contributed by atoms with van der Waals surface area (Å²) in [7, 11) is 0. The first-order valence-corrected chi connectivity index (χ1v) is 6.96. The third-order valence-electron chi connectivity index (χ3n) is 3.63. The summed E-state index contributed by atoms with van der Waals surface area (Å²) < 4.78 is 0. The van der Waals surface area contributed by atoms with E-state index in [1.54, 1.807) is 0 Å². The van der Waals surface area contributed by atoms with E-state index >= 15 is 0 Å². The molecular weight excluding hydrogens is 240 g/mol. The van der Waals surface area contributed by atoms with E-state index in [0.717, 1.165) is 26.1 Å². The van der Waals surface area contributed by atoms with E-state index in [1.165, 1.54) is 18.4 Å². The van der Waals surface area contributed by atoms with Crippen LogP contribution in [0.1, 0.15) is 24.8 Å². The molecule has 4 heteroatoms. The Labute approximate surface area is 114 Å². The molecule has 2 N–H and O–H groups in total. The summed E-state index contributed by atoms with van der Waals surface area (Å²) in [5.74, 6) is -0.787. The van der Waals surface area contributed by atoms with E-state index in [9.17, 15) is 4.79 Å². The van der Waals surface area contributed by atoms with Crippen molar-refractivity contribution in [3.8, 4) is 0 Å². The Hall–Kier alpha value is -1.39. The van der Waals surface area contributed by atoms with Crippen molar-refractivity contribution in [2.45, 2.75) is 31.8 Å². The first-order chi connectivity index (χ1) is 9.25. The molecule has 0 spiro atoms. The molecule has 2 rings (SSSR count). The molecule has 1 aromatic carbocycles. The Bertz CT molecular complexity index is 394. The summed E-state index contributed by atoms with van der Waals surface area (Å²) in [5.41, 5.74) is 1.33. The number of benzene rings is 1. The van der Waals surface area contributed by atoms with Crippen LogP contribution >= 0.6 is 0 Å². The van der Waals surface area contributed by atoms with Crippen molar-refractivity contribution >= 4 is 5.97 Å². The molecular formula is C15H22N2O2. The molecule has 1 aliphatic rings. The van der Waals surface area contributed by atoms with Crippen LogP contribution in [-0.2, 0) is 11.3 Å². The lowest BCUT2D eigenvalue weighted by atomic mass is 10.0. The molecule has 19 heavy (non-hydrogen) atoms. The minimum absolute atomic E-state index is 0.0513. The predicted molar refractivity (Wildman–Crippen MR) is 75.0 cm³/mol. The average molecular weight is 262 g/mol. The molecule has 1 heterocycles. The number of carbonyl (C=O) groups is 1. The zero-order valence-electron chi connectivity index (χ0n) is 11.2. The van der Waals surface area contributed by atoms with Crippen molar-refractivity contribution in [2.75, 3.05) is 19.6 Å². The molecule has 0 saturated carbocycles. The molecule has 0 aromatic heterocycles. The Morgan fingerprint density at radius 3 is 2.84 bits per heavy atom. The molecule has 4 nitrogen and oxygen atoms in total. The quantitative estimate of drug-likeness (QED) is 0.819. The molecule has 1 atom stereocenters. The summed E-state index contributed by atoms with van der Waals surface area (Å²) in [6.07, 6.45) is 3.63. The van der Waals surface area contributed by atoms with Crippen LogP contribution < -0.4 is 5.32 Å². The highest BCUT2D eigenvalue weighted by atomic mass is 16.4. The Balaban J connectivity index is 1.86. The number of nitrogens with one attached hydrogen (secondary N) is 1. The van der Waals surface area contributed by atoms with Gasteiger partial charge in [-0.05, 0) is 24.9 Å². The SMILES string of the molecule is O=C(O)CNC[C@@H]1CCCCN1Cc1ccccc1. The average Bonchev–Trinajstić information content (AvgIpc) is 2.41. The van der Waals surface area contributed by atoms with E-state index in [4.69, 9.17) is 5.11 Å². The third-order valence-corrected chi connectivity index (χ3v) is 3.63. The van der Waals surface area contributed by atoms with Crippen LogP contribution in [0, 0.1) is 0 Å². The number of hydrogen-bond acceptors (Lipinski definition) is 3. The topological polar surface area (TPSA) is 52.6 Å². The van der Waals surface area contributed by atoms with E-state index in [1.807, 2.05) is 6.07 Å². The Morgan fingerprint density at radius 1 is 1.32 bits per heavy atom. The number of carboxylic acid groups (broad SMARTS) is 1. The van der Waals surface area contributed by atoms with E-state index in [-0.39, 0.29) is 6.54 Å². The van der Waals surface area contributed by atoms with Crippen molar-refractivity contribution in [3.05, 3.63) is 35.9 Å². The molecule has 0 radical (unpaired) electrons. The van der Waals surface area contributed by atoms with Crippen LogP contribution in [0.25, 0.3) is 0 Å². The Kier molecular flexibility index (Phi) is 5.36. The molecule has 0 bridgehead atoms. The minimum atomic E-state index is -0.787. The van der Waals surface area contributed by atoms with Crippen molar-refractivity contribution in [2.24, 2.45) is 0 Å². The van der Waals surface area contributed by atoms with Crippen LogP contribution in [0.4, 0.5) is 0 Å². The molecule has 104 valence electrons. The van der Waals surface area contributed by atoms with Crippen molar-refractivity contribution in [1.82, 2.24) is 10.2 Å². The maximum absolute atomic E-state index is 10.5. The first-order valence-electron chi connectivity index (χ1n) is 6.96.